The highest BCUT2D eigenvalue weighted by Crippen LogP contribution is 2.40. The van der Waals surface area contributed by atoms with E-state index in [1.807, 2.05) is 6.07 Å². The number of phenolic OH excluding ortho intramolecular Hbond substituents is 2. The lowest BCUT2D eigenvalue weighted by Gasteiger charge is -2.39. The quantitative estimate of drug-likeness (QED) is 0.663. The topological polar surface area (TPSA) is 40.5 Å². The molecular weight excluding hydrogens is 334 g/mol. The number of rotatable bonds is 5. The molecule has 3 rings (SSSR count). The van der Waals surface area contributed by atoms with Gasteiger partial charge in [0, 0.05) is 30.0 Å². The third-order valence-electron chi connectivity index (χ3n) is 6.36. The molecule has 0 bridgehead atoms. The zero-order valence-electron chi connectivity index (χ0n) is 17.4. The van der Waals surface area contributed by atoms with Gasteiger partial charge >= 0.3 is 0 Å². The molecule has 2 N–H and O–H groups in total. The summed E-state index contributed by atoms with van der Waals surface area (Å²) in [4.78, 5) is 0. The third-order valence-corrected chi connectivity index (χ3v) is 6.36. The number of quaternary nitrogens is 1. The molecule has 2 aromatic carbocycles. The van der Waals surface area contributed by atoms with E-state index in [9.17, 15) is 10.2 Å². The molecule has 0 saturated carbocycles. The summed E-state index contributed by atoms with van der Waals surface area (Å²) in [6.07, 6.45) is 2.59. The van der Waals surface area contributed by atoms with Crippen LogP contribution in [0.4, 0.5) is 0 Å². The molecule has 0 unspecified atom stereocenters. The summed E-state index contributed by atoms with van der Waals surface area (Å²) in [6.45, 7) is 14.3. The van der Waals surface area contributed by atoms with Crippen molar-refractivity contribution in [3.63, 3.8) is 0 Å². The first-order chi connectivity index (χ1) is 12.7. The van der Waals surface area contributed by atoms with Gasteiger partial charge in [-0.1, -0.05) is 37.6 Å². The number of nitrogens with zero attached hydrogens (tertiary/aromatic N) is 1. The van der Waals surface area contributed by atoms with Gasteiger partial charge in [-0.25, -0.2) is 0 Å². The molecule has 1 heterocycles. The Bertz CT molecular complexity index is 817. The Morgan fingerprint density at radius 3 is 2.15 bits per heavy atom. The second-order valence-corrected chi connectivity index (χ2v) is 8.87. The number of aromatic hydroxyl groups is 2. The number of hydrogen-bond donors (Lipinski definition) is 2. The fraction of sp³-hybridized carbons (Fsp3) is 0.500. The molecular formula is C24H34NO2+. The molecule has 3 heteroatoms. The van der Waals surface area contributed by atoms with Crippen LogP contribution in [0.15, 0.2) is 30.3 Å². The van der Waals surface area contributed by atoms with E-state index in [1.165, 1.54) is 43.1 Å². The molecule has 1 saturated heterocycles. The minimum Gasteiger partial charge on any atom is -0.508 e. The van der Waals surface area contributed by atoms with Crippen molar-refractivity contribution in [3.05, 3.63) is 47.0 Å². The molecule has 2 aromatic rings. The molecule has 0 aliphatic carbocycles. The van der Waals surface area contributed by atoms with E-state index in [4.69, 9.17) is 0 Å². The van der Waals surface area contributed by atoms with Crippen LogP contribution in [0.1, 0.15) is 63.1 Å². The Morgan fingerprint density at radius 2 is 1.56 bits per heavy atom. The minimum absolute atomic E-state index is 0.154. The average molecular weight is 369 g/mol. The van der Waals surface area contributed by atoms with Crippen LogP contribution in [0.3, 0.4) is 0 Å². The number of likely N-dealkylation sites (tertiary alicyclic amines) is 1. The minimum atomic E-state index is 0.154. The molecule has 0 aromatic heterocycles. The van der Waals surface area contributed by atoms with Gasteiger partial charge in [0.1, 0.15) is 18.0 Å². The monoisotopic (exact) mass is 368 g/mol. The Balaban J connectivity index is 2.12. The maximum Gasteiger partial charge on any atom is 0.127 e. The van der Waals surface area contributed by atoms with E-state index in [-0.39, 0.29) is 17.4 Å². The summed E-state index contributed by atoms with van der Waals surface area (Å²) in [5.74, 6) is 0.525. The van der Waals surface area contributed by atoms with Gasteiger partial charge in [-0.05, 0) is 43.9 Å². The summed E-state index contributed by atoms with van der Waals surface area (Å²) in [5.41, 5.74) is 5.27. The third kappa shape index (κ3) is 3.84. The number of benzene rings is 2. The van der Waals surface area contributed by atoms with Crippen molar-refractivity contribution in [2.24, 2.45) is 0 Å². The van der Waals surface area contributed by atoms with Crippen molar-refractivity contribution >= 4 is 0 Å². The van der Waals surface area contributed by atoms with Crippen molar-refractivity contribution in [3.8, 4) is 22.6 Å². The maximum absolute atomic E-state index is 10.6. The van der Waals surface area contributed by atoms with Crippen LogP contribution in [-0.2, 0) is 6.54 Å². The highest BCUT2D eigenvalue weighted by molar-refractivity contribution is 5.75. The van der Waals surface area contributed by atoms with Crippen molar-refractivity contribution < 1.29 is 14.7 Å². The highest BCUT2D eigenvalue weighted by Gasteiger charge is 2.36. The van der Waals surface area contributed by atoms with Gasteiger partial charge in [0.05, 0.1) is 19.1 Å². The standard InChI is InChI=1S/C24H33NO2/c1-16(2)20-13-22(24(27)14-23(20)26)21-12-18(5)8-9-19(21)15-25(17(3)4)10-6-7-11-25/h8-9,12-14,16-17H,6-7,10-11,15H2,1-5H3,(H-,26,27)/p+1. The number of phenols is 2. The second kappa shape index (κ2) is 7.55. The Morgan fingerprint density at radius 1 is 0.889 bits per heavy atom. The second-order valence-electron chi connectivity index (χ2n) is 8.87. The zero-order valence-corrected chi connectivity index (χ0v) is 17.4. The van der Waals surface area contributed by atoms with Crippen LogP contribution >= 0.6 is 0 Å². The Hall–Kier alpha value is -2.00. The lowest BCUT2D eigenvalue weighted by Crippen LogP contribution is -2.49. The van der Waals surface area contributed by atoms with Crippen LogP contribution in [0.5, 0.6) is 11.5 Å². The SMILES string of the molecule is Cc1ccc(C[N+]2(C(C)C)CCCC2)c(-c2cc(C(C)C)c(O)cc2O)c1. The van der Waals surface area contributed by atoms with E-state index < -0.39 is 0 Å². The van der Waals surface area contributed by atoms with Crippen molar-refractivity contribution in [1.29, 1.82) is 0 Å². The maximum atomic E-state index is 10.6. The smallest absolute Gasteiger partial charge is 0.127 e. The molecule has 0 atom stereocenters. The summed E-state index contributed by atoms with van der Waals surface area (Å²) in [5, 5.41) is 20.9. The van der Waals surface area contributed by atoms with E-state index in [1.54, 1.807) is 0 Å². The Kier molecular flexibility index (Phi) is 5.53. The van der Waals surface area contributed by atoms with Gasteiger partial charge in [0.2, 0.25) is 0 Å². The first kappa shape index (κ1) is 19.8. The van der Waals surface area contributed by atoms with Crippen LogP contribution < -0.4 is 0 Å². The van der Waals surface area contributed by atoms with E-state index in [2.05, 4.69) is 52.8 Å². The van der Waals surface area contributed by atoms with E-state index in [0.717, 1.165) is 27.7 Å². The fourth-order valence-corrected chi connectivity index (χ4v) is 4.51. The molecule has 0 amide bonds. The van der Waals surface area contributed by atoms with E-state index in [0.29, 0.717) is 6.04 Å². The molecule has 146 valence electrons. The first-order valence-corrected chi connectivity index (χ1v) is 10.2. The highest BCUT2D eigenvalue weighted by atomic mass is 16.3. The fourth-order valence-electron chi connectivity index (χ4n) is 4.51. The molecule has 27 heavy (non-hydrogen) atoms. The van der Waals surface area contributed by atoms with Crippen LogP contribution in [0.25, 0.3) is 11.1 Å². The molecule has 1 aliphatic heterocycles. The van der Waals surface area contributed by atoms with Gasteiger partial charge in [-0.15, -0.1) is 0 Å². The van der Waals surface area contributed by atoms with Gasteiger partial charge in [0.15, 0.2) is 0 Å². The normalized spacial score (nSPS) is 16.4. The van der Waals surface area contributed by atoms with Crippen molar-refractivity contribution in [2.45, 2.75) is 66.0 Å². The molecule has 0 spiro atoms. The Labute approximate surface area is 163 Å². The molecule has 0 radical (unpaired) electrons. The lowest BCUT2D eigenvalue weighted by molar-refractivity contribution is -0.949. The molecule has 1 fully saturated rings. The van der Waals surface area contributed by atoms with Crippen molar-refractivity contribution in [1.82, 2.24) is 0 Å². The first-order valence-electron chi connectivity index (χ1n) is 10.2. The predicted molar refractivity (Wildman–Crippen MR) is 112 cm³/mol. The number of aryl methyl sites for hydroxylation is 1. The van der Waals surface area contributed by atoms with Gasteiger partial charge in [-0.2, -0.15) is 0 Å². The zero-order chi connectivity index (χ0) is 19.8. The van der Waals surface area contributed by atoms with Crippen LogP contribution in [0, 0.1) is 6.92 Å². The van der Waals surface area contributed by atoms with Gasteiger partial charge in [0.25, 0.3) is 0 Å². The van der Waals surface area contributed by atoms with Crippen molar-refractivity contribution in [2.75, 3.05) is 13.1 Å². The summed E-state index contributed by atoms with van der Waals surface area (Å²) < 4.78 is 1.12. The largest absolute Gasteiger partial charge is 0.508 e. The molecule has 3 nitrogen and oxygen atoms in total. The lowest BCUT2D eigenvalue weighted by atomic mass is 9.91. The van der Waals surface area contributed by atoms with Crippen LogP contribution in [0.2, 0.25) is 0 Å². The van der Waals surface area contributed by atoms with Crippen LogP contribution in [-0.4, -0.2) is 33.8 Å². The number of hydrogen-bond acceptors (Lipinski definition) is 2. The average Bonchev–Trinajstić information content (AvgIpc) is 3.06. The summed E-state index contributed by atoms with van der Waals surface area (Å²) in [6, 6.07) is 10.6. The van der Waals surface area contributed by atoms with Gasteiger partial charge in [-0.3, -0.25) is 0 Å². The predicted octanol–water partition coefficient (Wildman–Crippen LogP) is 5.72. The van der Waals surface area contributed by atoms with Gasteiger partial charge < -0.3 is 14.7 Å². The molecule has 1 aliphatic rings. The summed E-state index contributed by atoms with van der Waals surface area (Å²) in [7, 11) is 0. The summed E-state index contributed by atoms with van der Waals surface area (Å²) >= 11 is 0. The van der Waals surface area contributed by atoms with E-state index >= 15 is 0 Å².